The van der Waals surface area contributed by atoms with E-state index in [1.807, 2.05) is 0 Å². The van der Waals surface area contributed by atoms with Crippen molar-refractivity contribution < 1.29 is 0 Å². The third-order valence-corrected chi connectivity index (χ3v) is 8.10. The third-order valence-electron chi connectivity index (χ3n) is 8.10. The van der Waals surface area contributed by atoms with Crippen LogP contribution in [-0.2, 0) is 13.1 Å². The zero-order valence-electron chi connectivity index (χ0n) is 23.0. The molecule has 40 heavy (non-hydrogen) atoms. The Morgan fingerprint density at radius 3 is 1.18 bits per heavy atom. The van der Waals surface area contributed by atoms with Crippen molar-refractivity contribution >= 4 is 67.9 Å². The van der Waals surface area contributed by atoms with Gasteiger partial charge in [0.25, 0.3) is 0 Å². The average Bonchev–Trinajstić information content (AvgIpc) is 3.51. The molecule has 7 aromatic rings. The molecule has 5 aromatic carbocycles. The van der Waals surface area contributed by atoms with Crippen molar-refractivity contribution in [2.24, 2.45) is 0 Å². The molecule has 0 N–H and O–H groups in total. The van der Waals surface area contributed by atoms with Crippen molar-refractivity contribution in [3.63, 3.8) is 0 Å². The molecule has 0 aliphatic rings. The SMILES string of the molecule is CCn1c2ccccc2c2cc(/C=C\c3ccc(/C=C\c4ccc5c(c4)c4ccccc4n5CC)cc3)ccc21. The molecular weight excluding hydrogens is 484 g/mol. The number of nitrogens with zero attached hydrogens (tertiary/aromatic N) is 2. The summed E-state index contributed by atoms with van der Waals surface area (Å²) in [7, 11) is 0. The molecule has 0 saturated carbocycles. The lowest BCUT2D eigenvalue weighted by Gasteiger charge is -2.03. The number of aromatic nitrogens is 2. The van der Waals surface area contributed by atoms with Gasteiger partial charge in [-0.1, -0.05) is 97.1 Å². The van der Waals surface area contributed by atoms with Gasteiger partial charge in [0.2, 0.25) is 0 Å². The van der Waals surface area contributed by atoms with E-state index in [1.54, 1.807) is 0 Å². The number of hydrogen-bond donors (Lipinski definition) is 0. The smallest absolute Gasteiger partial charge is 0.0491 e. The first-order valence-electron chi connectivity index (χ1n) is 14.2. The molecule has 0 amide bonds. The van der Waals surface area contributed by atoms with Crippen LogP contribution in [0.15, 0.2) is 109 Å². The predicted molar refractivity (Wildman–Crippen MR) is 175 cm³/mol. The van der Waals surface area contributed by atoms with Crippen LogP contribution >= 0.6 is 0 Å². The van der Waals surface area contributed by atoms with E-state index in [0.717, 1.165) is 13.1 Å². The summed E-state index contributed by atoms with van der Waals surface area (Å²) in [4.78, 5) is 0. The van der Waals surface area contributed by atoms with Crippen LogP contribution in [-0.4, -0.2) is 9.13 Å². The molecule has 2 heterocycles. The molecule has 0 atom stereocenters. The lowest BCUT2D eigenvalue weighted by atomic mass is 10.1. The van der Waals surface area contributed by atoms with E-state index in [-0.39, 0.29) is 0 Å². The van der Waals surface area contributed by atoms with Gasteiger partial charge in [0.05, 0.1) is 0 Å². The van der Waals surface area contributed by atoms with Crippen LogP contribution in [0.3, 0.4) is 0 Å². The van der Waals surface area contributed by atoms with E-state index in [2.05, 4.69) is 156 Å². The lowest BCUT2D eigenvalue weighted by Crippen LogP contribution is -1.92. The van der Waals surface area contributed by atoms with Crippen LogP contribution in [0.1, 0.15) is 36.1 Å². The molecule has 0 saturated heterocycles. The summed E-state index contributed by atoms with van der Waals surface area (Å²) in [5, 5.41) is 5.28. The van der Waals surface area contributed by atoms with E-state index >= 15 is 0 Å². The number of rotatable bonds is 6. The number of aryl methyl sites for hydroxylation is 2. The standard InChI is InChI=1S/C38H32N2/c1-3-39-35-11-7-5-9-31(35)33-25-29(21-23-37(33)39)19-17-27-13-15-28(16-14-27)18-20-30-22-24-38-34(26-30)32-10-6-8-12-36(32)40(38)4-2/h5-26H,3-4H2,1-2H3/b19-17-,20-18-. The zero-order valence-corrected chi connectivity index (χ0v) is 23.0. The number of fused-ring (bicyclic) bond motifs is 6. The summed E-state index contributed by atoms with van der Waals surface area (Å²) < 4.78 is 4.79. The average molecular weight is 517 g/mol. The van der Waals surface area contributed by atoms with E-state index in [0.29, 0.717) is 0 Å². The molecule has 0 aliphatic heterocycles. The minimum Gasteiger partial charge on any atom is -0.341 e. The third kappa shape index (κ3) is 4.13. The van der Waals surface area contributed by atoms with Gasteiger partial charge in [-0.05, 0) is 72.5 Å². The topological polar surface area (TPSA) is 9.86 Å². The highest BCUT2D eigenvalue weighted by atomic mass is 15.0. The quantitative estimate of drug-likeness (QED) is 0.195. The Bertz CT molecular complexity index is 1910. The summed E-state index contributed by atoms with van der Waals surface area (Å²) in [6, 6.07) is 39.7. The molecule has 0 radical (unpaired) electrons. The Morgan fingerprint density at radius 1 is 0.400 bits per heavy atom. The van der Waals surface area contributed by atoms with Gasteiger partial charge in [0, 0.05) is 56.7 Å². The van der Waals surface area contributed by atoms with Crippen molar-refractivity contribution in [1.82, 2.24) is 9.13 Å². The minimum atomic E-state index is 0.970. The monoisotopic (exact) mass is 516 g/mol. The van der Waals surface area contributed by atoms with Crippen LogP contribution < -0.4 is 0 Å². The van der Waals surface area contributed by atoms with Crippen molar-refractivity contribution in [2.75, 3.05) is 0 Å². The van der Waals surface area contributed by atoms with Crippen molar-refractivity contribution in [3.05, 3.63) is 131 Å². The molecular formula is C38H32N2. The summed E-state index contributed by atoms with van der Waals surface area (Å²) in [6.45, 7) is 6.36. The second kappa shape index (κ2) is 10.1. The normalized spacial score (nSPS) is 12.2. The molecule has 0 bridgehead atoms. The highest BCUT2D eigenvalue weighted by molar-refractivity contribution is 6.09. The predicted octanol–water partition coefficient (Wildman–Crippen LogP) is 10.3. The number of hydrogen-bond acceptors (Lipinski definition) is 0. The van der Waals surface area contributed by atoms with Gasteiger partial charge in [0.15, 0.2) is 0 Å². The van der Waals surface area contributed by atoms with Crippen molar-refractivity contribution in [2.45, 2.75) is 26.9 Å². The maximum atomic E-state index is 2.39. The van der Waals surface area contributed by atoms with Crippen molar-refractivity contribution in [1.29, 1.82) is 0 Å². The Hall–Kier alpha value is -4.82. The van der Waals surface area contributed by atoms with Gasteiger partial charge in [-0.25, -0.2) is 0 Å². The molecule has 0 aliphatic carbocycles. The molecule has 0 spiro atoms. The summed E-state index contributed by atoms with van der Waals surface area (Å²) in [6.07, 6.45) is 8.82. The Labute approximate surface area is 235 Å². The maximum absolute atomic E-state index is 2.39. The molecule has 2 heteroatoms. The molecule has 2 aromatic heterocycles. The highest BCUT2D eigenvalue weighted by Crippen LogP contribution is 2.31. The van der Waals surface area contributed by atoms with Gasteiger partial charge < -0.3 is 9.13 Å². The van der Waals surface area contributed by atoms with Crippen LogP contribution in [0.25, 0.3) is 67.9 Å². The fourth-order valence-corrected chi connectivity index (χ4v) is 6.13. The first kappa shape index (κ1) is 24.2. The Morgan fingerprint density at radius 2 is 0.750 bits per heavy atom. The highest BCUT2D eigenvalue weighted by Gasteiger charge is 2.10. The second-order valence-electron chi connectivity index (χ2n) is 10.4. The van der Waals surface area contributed by atoms with Gasteiger partial charge in [-0.15, -0.1) is 0 Å². The van der Waals surface area contributed by atoms with Gasteiger partial charge in [-0.2, -0.15) is 0 Å². The molecule has 194 valence electrons. The molecule has 0 unspecified atom stereocenters. The fourth-order valence-electron chi connectivity index (χ4n) is 6.13. The zero-order chi connectivity index (χ0) is 27.1. The first-order valence-corrected chi connectivity index (χ1v) is 14.2. The summed E-state index contributed by atoms with van der Waals surface area (Å²) in [5.74, 6) is 0. The van der Waals surface area contributed by atoms with Crippen molar-refractivity contribution in [3.8, 4) is 0 Å². The molecule has 7 rings (SSSR count). The lowest BCUT2D eigenvalue weighted by molar-refractivity contribution is 0.827. The number of benzene rings is 5. The van der Waals surface area contributed by atoms with Gasteiger partial charge >= 0.3 is 0 Å². The second-order valence-corrected chi connectivity index (χ2v) is 10.4. The molecule has 0 fully saturated rings. The van der Waals surface area contributed by atoms with E-state index in [9.17, 15) is 0 Å². The largest absolute Gasteiger partial charge is 0.341 e. The van der Waals surface area contributed by atoms with E-state index < -0.39 is 0 Å². The van der Waals surface area contributed by atoms with Gasteiger partial charge in [-0.3, -0.25) is 0 Å². The van der Waals surface area contributed by atoms with Crippen LogP contribution in [0.2, 0.25) is 0 Å². The first-order chi connectivity index (χ1) is 19.7. The summed E-state index contributed by atoms with van der Waals surface area (Å²) in [5.41, 5.74) is 10.0. The van der Waals surface area contributed by atoms with Gasteiger partial charge in [0.1, 0.15) is 0 Å². The minimum absolute atomic E-state index is 0.970. The van der Waals surface area contributed by atoms with Crippen LogP contribution in [0.5, 0.6) is 0 Å². The maximum Gasteiger partial charge on any atom is 0.0491 e. The Balaban J connectivity index is 1.12. The molecule has 2 nitrogen and oxygen atoms in total. The van der Waals surface area contributed by atoms with Crippen LogP contribution in [0, 0.1) is 0 Å². The van der Waals surface area contributed by atoms with Crippen LogP contribution in [0.4, 0.5) is 0 Å². The van der Waals surface area contributed by atoms with E-state index in [4.69, 9.17) is 0 Å². The fraction of sp³-hybridized carbons (Fsp3) is 0.105. The summed E-state index contributed by atoms with van der Waals surface area (Å²) >= 11 is 0. The van der Waals surface area contributed by atoms with E-state index in [1.165, 1.54) is 65.9 Å². The Kier molecular flexibility index (Phi) is 6.09. The number of para-hydroxylation sites is 2.